The van der Waals surface area contributed by atoms with E-state index in [1.807, 2.05) is 23.7 Å². The Morgan fingerprint density at radius 1 is 1.44 bits per heavy atom. The number of fused-ring (bicyclic) bond motifs is 1. The fraction of sp³-hybridized carbons (Fsp3) is 0.500. The molecule has 0 saturated carbocycles. The quantitative estimate of drug-likeness (QED) is 0.909. The van der Waals surface area contributed by atoms with Crippen molar-refractivity contribution in [2.45, 2.75) is 25.2 Å². The Hall–Kier alpha value is -1.00. The summed E-state index contributed by atoms with van der Waals surface area (Å²) in [5.74, 6) is 1.21. The summed E-state index contributed by atoms with van der Waals surface area (Å²) in [4.78, 5) is 15.4. The van der Waals surface area contributed by atoms with Gasteiger partial charge in [0.2, 0.25) is 5.91 Å². The smallest absolute Gasteiger partial charge is 0.228 e. The highest BCUT2D eigenvalue weighted by atomic mass is 32.2. The molecule has 0 aliphatic carbocycles. The van der Waals surface area contributed by atoms with Crippen LogP contribution in [-0.4, -0.2) is 31.8 Å². The molecule has 0 spiro atoms. The SMILES string of the molecule is CNCCC(=O)N1CCSc2cc(C)cc(C)c21. The number of rotatable bonds is 3. The van der Waals surface area contributed by atoms with Gasteiger partial charge in [-0.05, 0) is 38.1 Å². The summed E-state index contributed by atoms with van der Waals surface area (Å²) in [7, 11) is 1.88. The molecule has 0 bridgehead atoms. The largest absolute Gasteiger partial charge is 0.319 e. The standard InChI is InChI=1S/C14H20N2OS/c1-10-8-11(2)14-12(9-10)18-7-6-16(14)13(17)4-5-15-3/h8-9,15H,4-7H2,1-3H3. The summed E-state index contributed by atoms with van der Waals surface area (Å²) in [6.07, 6.45) is 0.563. The minimum atomic E-state index is 0.220. The first kappa shape index (κ1) is 13.4. The van der Waals surface area contributed by atoms with Crippen LogP contribution in [-0.2, 0) is 4.79 Å². The first-order chi connectivity index (χ1) is 8.63. The average molecular weight is 264 g/mol. The summed E-state index contributed by atoms with van der Waals surface area (Å²) in [5, 5.41) is 3.03. The molecule has 2 rings (SSSR count). The molecular weight excluding hydrogens is 244 g/mol. The Bertz CT molecular complexity index is 459. The average Bonchev–Trinajstić information content (AvgIpc) is 2.34. The predicted molar refractivity (Wildman–Crippen MR) is 77.5 cm³/mol. The molecule has 4 heteroatoms. The van der Waals surface area contributed by atoms with Crippen molar-refractivity contribution in [2.24, 2.45) is 0 Å². The second-order valence-corrected chi connectivity index (χ2v) is 5.81. The van der Waals surface area contributed by atoms with Gasteiger partial charge >= 0.3 is 0 Å². The Morgan fingerprint density at radius 2 is 2.22 bits per heavy atom. The van der Waals surface area contributed by atoms with E-state index in [0.29, 0.717) is 6.42 Å². The van der Waals surface area contributed by atoms with Crippen LogP contribution in [0.1, 0.15) is 17.5 Å². The lowest BCUT2D eigenvalue weighted by Crippen LogP contribution is -2.37. The molecule has 1 N–H and O–H groups in total. The summed E-state index contributed by atoms with van der Waals surface area (Å²) in [6.45, 7) is 5.76. The molecule has 18 heavy (non-hydrogen) atoms. The van der Waals surface area contributed by atoms with Crippen LogP contribution in [0.3, 0.4) is 0 Å². The first-order valence-corrected chi connectivity index (χ1v) is 7.31. The first-order valence-electron chi connectivity index (χ1n) is 6.32. The fourth-order valence-corrected chi connectivity index (χ4v) is 3.52. The maximum atomic E-state index is 12.2. The lowest BCUT2D eigenvalue weighted by molar-refractivity contribution is -0.118. The molecule has 1 amide bonds. The van der Waals surface area contributed by atoms with Crippen molar-refractivity contribution < 1.29 is 4.79 Å². The third kappa shape index (κ3) is 2.70. The molecule has 1 aliphatic rings. The van der Waals surface area contributed by atoms with Gasteiger partial charge in [-0.15, -0.1) is 11.8 Å². The van der Waals surface area contributed by atoms with Crippen molar-refractivity contribution in [1.29, 1.82) is 0 Å². The number of carbonyl (C=O) groups excluding carboxylic acids is 1. The molecule has 3 nitrogen and oxygen atoms in total. The van der Waals surface area contributed by atoms with E-state index in [4.69, 9.17) is 0 Å². The lowest BCUT2D eigenvalue weighted by Gasteiger charge is -2.31. The van der Waals surface area contributed by atoms with Crippen molar-refractivity contribution in [3.05, 3.63) is 23.3 Å². The highest BCUT2D eigenvalue weighted by molar-refractivity contribution is 7.99. The Morgan fingerprint density at radius 3 is 2.94 bits per heavy atom. The summed E-state index contributed by atoms with van der Waals surface area (Å²) < 4.78 is 0. The molecular formula is C14H20N2OS. The van der Waals surface area contributed by atoms with Crippen LogP contribution in [0.25, 0.3) is 0 Å². The lowest BCUT2D eigenvalue weighted by atomic mass is 10.1. The highest BCUT2D eigenvalue weighted by Gasteiger charge is 2.24. The molecule has 0 aromatic heterocycles. The Labute approximate surface area is 113 Å². The number of hydrogen-bond acceptors (Lipinski definition) is 3. The molecule has 0 fully saturated rings. The van der Waals surface area contributed by atoms with Crippen LogP contribution in [0, 0.1) is 13.8 Å². The van der Waals surface area contributed by atoms with Gasteiger partial charge in [-0.2, -0.15) is 0 Å². The molecule has 0 unspecified atom stereocenters. The van der Waals surface area contributed by atoms with Gasteiger partial charge in [-0.1, -0.05) is 6.07 Å². The second kappa shape index (κ2) is 5.76. The molecule has 1 aromatic rings. The van der Waals surface area contributed by atoms with Crippen LogP contribution >= 0.6 is 11.8 Å². The van der Waals surface area contributed by atoms with Crippen LogP contribution in [0.5, 0.6) is 0 Å². The van der Waals surface area contributed by atoms with E-state index in [9.17, 15) is 4.79 Å². The Kier molecular flexibility index (Phi) is 4.30. The number of nitrogens with zero attached hydrogens (tertiary/aromatic N) is 1. The number of amides is 1. The normalized spacial score (nSPS) is 14.5. The van der Waals surface area contributed by atoms with Crippen molar-refractivity contribution in [1.82, 2.24) is 5.32 Å². The van der Waals surface area contributed by atoms with Crippen LogP contribution in [0.2, 0.25) is 0 Å². The zero-order valence-electron chi connectivity index (χ0n) is 11.2. The number of carbonyl (C=O) groups is 1. The molecule has 1 aromatic carbocycles. The summed E-state index contributed by atoms with van der Waals surface area (Å²) in [6, 6.07) is 4.34. The Balaban J connectivity index is 2.30. The van der Waals surface area contributed by atoms with E-state index >= 15 is 0 Å². The van der Waals surface area contributed by atoms with Gasteiger partial charge in [0.05, 0.1) is 5.69 Å². The molecule has 0 radical (unpaired) electrons. The molecule has 98 valence electrons. The zero-order chi connectivity index (χ0) is 13.1. The van der Waals surface area contributed by atoms with E-state index in [2.05, 4.69) is 31.3 Å². The molecule has 0 atom stereocenters. The monoisotopic (exact) mass is 264 g/mol. The van der Waals surface area contributed by atoms with Crippen molar-refractivity contribution in [2.75, 3.05) is 30.8 Å². The number of nitrogens with one attached hydrogen (secondary N) is 1. The number of thioether (sulfide) groups is 1. The zero-order valence-corrected chi connectivity index (χ0v) is 12.1. The highest BCUT2D eigenvalue weighted by Crippen LogP contribution is 2.38. The third-order valence-corrected chi connectivity index (χ3v) is 4.15. The van der Waals surface area contributed by atoms with Crippen LogP contribution in [0.15, 0.2) is 17.0 Å². The van der Waals surface area contributed by atoms with Gasteiger partial charge in [-0.25, -0.2) is 0 Å². The van der Waals surface area contributed by atoms with E-state index in [1.165, 1.54) is 16.0 Å². The van der Waals surface area contributed by atoms with Gasteiger partial charge in [0, 0.05) is 30.2 Å². The second-order valence-electron chi connectivity index (χ2n) is 4.68. The van der Waals surface area contributed by atoms with Gasteiger partial charge in [0.1, 0.15) is 0 Å². The van der Waals surface area contributed by atoms with E-state index in [1.54, 1.807) is 0 Å². The molecule has 1 heterocycles. The van der Waals surface area contributed by atoms with Crippen molar-refractivity contribution in [3.8, 4) is 0 Å². The van der Waals surface area contributed by atoms with Gasteiger partial charge in [0.15, 0.2) is 0 Å². The summed E-state index contributed by atoms with van der Waals surface area (Å²) >= 11 is 1.85. The third-order valence-electron chi connectivity index (χ3n) is 3.14. The van der Waals surface area contributed by atoms with E-state index < -0.39 is 0 Å². The summed E-state index contributed by atoms with van der Waals surface area (Å²) in [5.41, 5.74) is 3.59. The van der Waals surface area contributed by atoms with Crippen molar-refractivity contribution >= 4 is 23.4 Å². The minimum Gasteiger partial charge on any atom is -0.319 e. The van der Waals surface area contributed by atoms with Crippen LogP contribution < -0.4 is 10.2 Å². The van der Waals surface area contributed by atoms with Crippen LogP contribution in [0.4, 0.5) is 5.69 Å². The fourth-order valence-electron chi connectivity index (χ4n) is 2.35. The number of anilines is 1. The van der Waals surface area contributed by atoms with Crippen molar-refractivity contribution in [3.63, 3.8) is 0 Å². The van der Waals surface area contributed by atoms with Gasteiger partial charge < -0.3 is 10.2 Å². The number of hydrogen-bond donors (Lipinski definition) is 1. The molecule has 1 aliphatic heterocycles. The van der Waals surface area contributed by atoms with E-state index in [0.717, 1.165) is 24.5 Å². The van der Waals surface area contributed by atoms with Gasteiger partial charge in [-0.3, -0.25) is 4.79 Å². The minimum absolute atomic E-state index is 0.220. The van der Waals surface area contributed by atoms with E-state index in [-0.39, 0.29) is 5.91 Å². The molecule has 0 saturated heterocycles. The number of benzene rings is 1. The number of aryl methyl sites for hydroxylation is 2. The maximum absolute atomic E-state index is 12.2. The van der Waals surface area contributed by atoms with Gasteiger partial charge in [0.25, 0.3) is 0 Å². The predicted octanol–water partition coefficient (Wildman–Crippen LogP) is 2.35. The maximum Gasteiger partial charge on any atom is 0.228 e. The topological polar surface area (TPSA) is 32.3 Å².